The molecule has 1 saturated carbocycles. The van der Waals surface area contributed by atoms with E-state index in [1.54, 1.807) is 0 Å². The molecule has 0 bridgehead atoms. The van der Waals surface area contributed by atoms with Crippen LogP contribution in [0.2, 0.25) is 0 Å². The number of nitrogens with zero attached hydrogens (tertiary/aromatic N) is 1. The number of carbonyl (C=O) groups excluding carboxylic acids is 1. The summed E-state index contributed by atoms with van der Waals surface area (Å²) < 4.78 is 0. The number of hydrogen-bond acceptors (Lipinski definition) is 2. The van der Waals surface area contributed by atoms with E-state index in [0.717, 1.165) is 16.8 Å². The first-order valence-corrected chi connectivity index (χ1v) is 6.60. The van der Waals surface area contributed by atoms with Crippen molar-refractivity contribution in [2.24, 2.45) is 5.92 Å². The molecule has 1 aliphatic carbocycles. The molecule has 3 nitrogen and oxygen atoms in total. The second-order valence-electron chi connectivity index (χ2n) is 5.29. The molecule has 0 radical (unpaired) electrons. The molecule has 0 saturated heterocycles. The Morgan fingerprint density at radius 1 is 1.44 bits per heavy atom. The first kappa shape index (κ1) is 12.9. The first-order chi connectivity index (χ1) is 8.54. The van der Waals surface area contributed by atoms with Gasteiger partial charge in [-0.2, -0.15) is 0 Å². The van der Waals surface area contributed by atoms with E-state index in [-0.39, 0.29) is 5.91 Å². The zero-order valence-electron chi connectivity index (χ0n) is 11.7. The lowest BCUT2D eigenvalue weighted by atomic mass is 10.1. The van der Waals surface area contributed by atoms with Crippen molar-refractivity contribution in [3.8, 4) is 0 Å². The van der Waals surface area contributed by atoms with Crippen LogP contribution in [0.4, 0.5) is 5.69 Å². The van der Waals surface area contributed by atoms with Gasteiger partial charge < -0.3 is 10.2 Å². The average Bonchev–Trinajstić information content (AvgIpc) is 3.20. The van der Waals surface area contributed by atoms with Gasteiger partial charge in [0.05, 0.1) is 5.56 Å². The third-order valence-corrected chi connectivity index (χ3v) is 3.91. The van der Waals surface area contributed by atoms with Gasteiger partial charge in [0, 0.05) is 25.8 Å². The summed E-state index contributed by atoms with van der Waals surface area (Å²) in [4.78, 5) is 14.4. The second kappa shape index (κ2) is 5.01. The summed E-state index contributed by atoms with van der Waals surface area (Å²) in [5.74, 6) is 0.809. The van der Waals surface area contributed by atoms with Crippen molar-refractivity contribution in [2.75, 3.05) is 19.4 Å². The normalized spacial score (nSPS) is 16.2. The molecule has 0 heterocycles. The number of carbonyl (C=O) groups is 1. The van der Waals surface area contributed by atoms with E-state index < -0.39 is 0 Å². The Morgan fingerprint density at radius 2 is 2.11 bits per heavy atom. The van der Waals surface area contributed by atoms with Gasteiger partial charge in [0.2, 0.25) is 0 Å². The maximum atomic E-state index is 12.5. The molecule has 2 rings (SSSR count). The number of anilines is 1. The molecular weight excluding hydrogens is 224 g/mol. The molecule has 1 unspecified atom stereocenters. The van der Waals surface area contributed by atoms with Crippen LogP contribution in [0.25, 0.3) is 0 Å². The summed E-state index contributed by atoms with van der Waals surface area (Å²) in [5, 5.41) is 3.09. The molecule has 0 aliphatic heterocycles. The van der Waals surface area contributed by atoms with Crippen LogP contribution in [0.5, 0.6) is 0 Å². The summed E-state index contributed by atoms with van der Waals surface area (Å²) in [5.41, 5.74) is 2.79. The fourth-order valence-corrected chi connectivity index (χ4v) is 2.32. The summed E-state index contributed by atoms with van der Waals surface area (Å²) in [7, 11) is 3.76. The van der Waals surface area contributed by atoms with Gasteiger partial charge in [-0.1, -0.05) is 11.6 Å². The van der Waals surface area contributed by atoms with E-state index in [1.807, 2.05) is 44.1 Å². The monoisotopic (exact) mass is 246 g/mol. The number of hydrogen-bond donors (Lipinski definition) is 1. The highest BCUT2D eigenvalue weighted by Crippen LogP contribution is 2.35. The lowest BCUT2D eigenvalue weighted by Crippen LogP contribution is -2.36. The smallest absolute Gasteiger partial charge is 0.255 e. The standard InChI is InChI=1S/C15H22N2O/c1-10-5-8-14(16-3)13(9-10)15(18)17(4)11(2)12-6-7-12/h5,8-9,11-12,16H,6-7H2,1-4H3. The minimum atomic E-state index is 0.113. The summed E-state index contributed by atoms with van der Waals surface area (Å²) >= 11 is 0. The van der Waals surface area contributed by atoms with Crippen LogP contribution in [-0.4, -0.2) is 30.9 Å². The summed E-state index contributed by atoms with van der Waals surface area (Å²) in [6, 6.07) is 6.29. The summed E-state index contributed by atoms with van der Waals surface area (Å²) in [6.45, 7) is 4.16. The fraction of sp³-hybridized carbons (Fsp3) is 0.533. The number of aryl methyl sites for hydroxylation is 1. The van der Waals surface area contributed by atoms with Crippen molar-refractivity contribution in [2.45, 2.75) is 32.7 Å². The second-order valence-corrected chi connectivity index (χ2v) is 5.29. The van der Waals surface area contributed by atoms with E-state index in [2.05, 4.69) is 12.2 Å². The van der Waals surface area contributed by atoms with Crippen molar-refractivity contribution in [3.05, 3.63) is 29.3 Å². The molecule has 3 heteroatoms. The van der Waals surface area contributed by atoms with Gasteiger partial charge in [-0.05, 0) is 44.7 Å². The number of benzene rings is 1. The predicted octanol–water partition coefficient (Wildman–Crippen LogP) is 2.91. The van der Waals surface area contributed by atoms with Gasteiger partial charge in [-0.15, -0.1) is 0 Å². The molecule has 1 N–H and O–H groups in total. The largest absolute Gasteiger partial charge is 0.387 e. The van der Waals surface area contributed by atoms with E-state index in [1.165, 1.54) is 12.8 Å². The Kier molecular flexibility index (Phi) is 3.60. The quantitative estimate of drug-likeness (QED) is 0.886. The molecule has 1 fully saturated rings. The van der Waals surface area contributed by atoms with Crippen LogP contribution in [0.1, 0.15) is 35.7 Å². The highest BCUT2D eigenvalue weighted by atomic mass is 16.2. The van der Waals surface area contributed by atoms with E-state index in [9.17, 15) is 4.79 Å². The SMILES string of the molecule is CNc1ccc(C)cc1C(=O)N(C)C(C)C1CC1. The molecule has 98 valence electrons. The maximum Gasteiger partial charge on any atom is 0.255 e. The Bertz CT molecular complexity index is 452. The van der Waals surface area contributed by atoms with E-state index in [4.69, 9.17) is 0 Å². The van der Waals surface area contributed by atoms with Crippen molar-refractivity contribution >= 4 is 11.6 Å². The predicted molar refractivity (Wildman–Crippen MR) is 75.0 cm³/mol. The molecular formula is C15H22N2O. The number of amides is 1. The van der Waals surface area contributed by atoms with Crippen molar-refractivity contribution in [1.29, 1.82) is 0 Å². The highest BCUT2D eigenvalue weighted by molar-refractivity contribution is 5.99. The number of rotatable bonds is 4. The minimum absolute atomic E-state index is 0.113. The fourth-order valence-electron chi connectivity index (χ4n) is 2.32. The maximum absolute atomic E-state index is 12.5. The van der Waals surface area contributed by atoms with E-state index in [0.29, 0.717) is 12.0 Å². The average molecular weight is 246 g/mol. The molecule has 1 atom stereocenters. The van der Waals surface area contributed by atoms with Crippen molar-refractivity contribution in [1.82, 2.24) is 4.90 Å². The zero-order valence-corrected chi connectivity index (χ0v) is 11.7. The number of nitrogens with one attached hydrogen (secondary N) is 1. The van der Waals surface area contributed by atoms with Gasteiger partial charge in [0.25, 0.3) is 5.91 Å². The van der Waals surface area contributed by atoms with Crippen LogP contribution in [0.15, 0.2) is 18.2 Å². The highest BCUT2D eigenvalue weighted by Gasteiger charge is 2.33. The zero-order chi connectivity index (χ0) is 13.3. The van der Waals surface area contributed by atoms with Gasteiger partial charge in [-0.25, -0.2) is 0 Å². The first-order valence-electron chi connectivity index (χ1n) is 6.60. The molecule has 1 aliphatic rings. The van der Waals surface area contributed by atoms with Gasteiger partial charge in [-0.3, -0.25) is 4.79 Å². The van der Waals surface area contributed by atoms with Crippen LogP contribution in [0, 0.1) is 12.8 Å². The van der Waals surface area contributed by atoms with Gasteiger partial charge in [0.1, 0.15) is 0 Å². The van der Waals surface area contributed by atoms with Crippen molar-refractivity contribution in [3.63, 3.8) is 0 Å². The minimum Gasteiger partial charge on any atom is -0.387 e. The molecule has 0 aromatic heterocycles. The lowest BCUT2D eigenvalue weighted by molar-refractivity contribution is 0.0728. The Labute approximate surface area is 109 Å². The Morgan fingerprint density at radius 3 is 2.67 bits per heavy atom. The van der Waals surface area contributed by atoms with Gasteiger partial charge >= 0.3 is 0 Å². The molecule has 1 aromatic carbocycles. The Balaban J connectivity index is 2.23. The molecule has 1 aromatic rings. The Hall–Kier alpha value is -1.51. The lowest BCUT2D eigenvalue weighted by Gasteiger charge is -2.26. The van der Waals surface area contributed by atoms with E-state index >= 15 is 0 Å². The van der Waals surface area contributed by atoms with Gasteiger partial charge in [0.15, 0.2) is 0 Å². The van der Waals surface area contributed by atoms with Crippen LogP contribution in [0.3, 0.4) is 0 Å². The van der Waals surface area contributed by atoms with Crippen LogP contribution >= 0.6 is 0 Å². The molecule has 18 heavy (non-hydrogen) atoms. The molecule has 1 amide bonds. The third-order valence-electron chi connectivity index (χ3n) is 3.91. The van der Waals surface area contributed by atoms with Crippen LogP contribution in [-0.2, 0) is 0 Å². The summed E-state index contributed by atoms with van der Waals surface area (Å²) in [6.07, 6.45) is 2.51. The molecule has 0 spiro atoms. The van der Waals surface area contributed by atoms with Crippen LogP contribution < -0.4 is 5.32 Å². The van der Waals surface area contributed by atoms with Crippen molar-refractivity contribution < 1.29 is 4.79 Å². The third kappa shape index (κ3) is 2.50. The topological polar surface area (TPSA) is 32.3 Å².